The van der Waals surface area contributed by atoms with Gasteiger partial charge < -0.3 is 9.84 Å². The third kappa shape index (κ3) is 5.32. The molecule has 4 rings (SSSR count). The van der Waals surface area contributed by atoms with Crippen molar-refractivity contribution in [2.75, 3.05) is 0 Å². The van der Waals surface area contributed by atoms with E-state index in [9.17, 15) is 18.7 Å². The number of hydrogen-bond donors (Lipinski definition) is 1. The van der Waals surface area contributed by atoms with Gasteiger partial charge in [0.1, 0.15) is 11.9 Å². The minimum atomic E-state index is -2.89. The van der Waals surface area contributed by atoms with Crippen molar-refractivity contribution in [3.63, 3.8) is 0 Å². The number of aliphatic carboxylic acids is 1. The highest BCUT2D eigenvalue weighted by Gasteiger charge is 2.28. The summed E-state index contributed by atoms with van der Waals surface area (Å²) < 4.78 is 30.5. The van der Waals surface area contributed by atoms with Crippen molar-refractivity contribution < 1.29 is 23.4 Å². The van der Waals surface area contributed by atoms with Crippen molar-refractivity contribution in [1.82, 2.24) is 0 Å². The Balaban J connectivity index is 1.53. The van der Waals surface area contributed by atoms with Gasteiger partial charge in [-0.3, -0.25) is 4.79 Å². The molecule has 3 nitrogen and oxygen atoms in total. The van der Waals surface area contributed by atoms with Gasteiger partial charge in [-0.1, -0.05) is 66.7 Å². The molecule has 0 saturated carbocycles. The molecule has 2 atom stereocenters. The lowest BCUT2D eigenvalue weighted by atomic mass is 9.90. The maximum Gasteiger partial charge on any atom is 0.321 e. The maximum atomic E-state index is 13.6. The van der Waals surface area contributed by atoms with Crippen molar-refractivity contribution in [3.05, 3.63) is 101 Å². The minimum absolute atomic E-state index is 0.00474. The molecule has 0 radical (unpaired) electrons. The number of allylic oxidation sites excluding steroid dienone is 1. The van der Waals surface area contributed by atoms with Crippen LogP contribution < -0.4 is 4.74 Å². The van der Waals surface area contributed by atoms with Crippen molar-refractivity contribution in [3.8, 4) is 16.9 Å². The number of benzene rings is 3. The Morgan fingerprint density at radius 1 is 1.15 bits per heavy atom. The third-order valence-electron chi connectivity index (χ3n) is 6.27. The zero-order chi connectivity index (χ0) is 24.5. The average molecular weight is 574 g/mol. The van der Waals surface area contributed by atoms with E-state index >= 15 is 0 Å². The van der Waals surface area contributed by atoms with E-state index in [1.165, 1.54) is 17.7 Å². The van der Waals surface area contributed by atoms with Gasteiger partial charge in [0.2, 0.25) is 0 Å². The number of hydrogen-bond acceptors (Lipinski definition) is 2. The molecule has 3 aromatic carbocycles. The van der Waals surface area contributed by atoms with Crippen LogP contribution in [0.2, 0.25) is 0 Å². The van der Waals surface area contributed by atoms with Crippen molar-refractivity contribution in [2.45, 2.75) is 42.1 Å². The molecule has 0 amide bonds. The average Bonchev–Trinajstić information content (AvgIpc) is 3.20. The summed E-state index contributed by atoms with van der Waals surface area (Å²) in [5, 5.41) is 9.19. The summed E-state index contributed by atoms with van der Waals surface area (Å²) in [5.74, 6) is -0.374. The lowest BCUT2D eigenvalue weighted by Crippen LogP contribution is -2.07. The number of fused-ring (bicyclic) bond motifs is 1. The van der Waals surface area contributed by atoms with E-state index < -0.39 is 9.90 Å². The Kier molecular flexibility index (Phi) is 7.07. The Morgan fingerprint density at radius 3 is 2.41 bits per heavy atom. The molecule has 1 unspecified atom stereocenters. The summed E-state index contributed by atoms with van der Waals surface area (Å²) in [7, 11) is 0. The molecule has 1 N–H and O–H groups in total. The molecule has 34 heavy (non-hydrogen) atoms. The van der Waals surface area contributed by atoms with Crippen molar-refractivity contribution >= 4 is 28.6 Å². The fourth-order valence-corrected chi connectivity index (χ4v) is 4.90. The van der Waals surface area contributed by atoms with Crippen LogP contribution in [0, 0.1) is 0 Å². The normalized spacial score (nSPS) is 16.1. The Morgan fingerprint density at radius 2 is 1.82 bits per heavy atom. The Labute approximate surface area is 211 Å². The van der Waals surface area contributed by atoms with E-state index in [2.05, 4.69) is 12.6 Å². The maximum absolute atomic E-state index is 13.6. The number of ether oxygens (including phenoxy) is 1. The molecule has 176 valence electrons. The lowest BCUT2D eigenvalue weighted by molar-refractivity contribution is -0.137. The zero-order valence-electron chi connectivity index (χ0n) is 18.7. The molecule has 6 heteroatoms. The van der Waals surface area contributed by atoms with Crippen LogP contribution in [0.5, 0.6) is 5.75 Å². The number of rotatable bonds is 8. The predicted molar refractivity (Wildman–Crippen MR) is 138 cm³/mol. The molecule has 0 spiro atoms. The first kappa shape index (κ1) is 24.4. The van der Waals surface area contributed by atoms with Crippen LogP contribution in [-0.2, 0) is 15.1 Å². The number of carbonyl (C=O) groups is 1. The van der Waals surface area contributed by atoms with Crippen LogP contribution in [0.1, 0.15) is 54.0 Å². The molecule has 1 aliphatic rings. The van der Waals surface area contributed by atoms with Crippen LogP contribution in [0.25, 0.3) is 11.1 Å². The second-order valence-electron chi connectivity index (χ2n) is 8.66. The van der Waals surface area contributed by atoms with Crippen LogP contribution in [-0.4, -0.2) is 11.1 Å². The predicted octanol–water partition coefficient (Wildman–Crippen LogP) is 8.04. The Bertz CT molecular complexity index is 1200. The van der Waals surface area contributed by atoms with Crippen LogP contribution >= 0.6 is 22.6 Å². The molecule has 0 aliphatic heterocycles. The monoisotopic (exact) mass is 574 g/mol. The quantitative estimate of drug-likeness (QED) is 0.168. The zero-order valence-corrected chi connectivity index (χ0v) is 20.9. The summed E-state index contributed by atoms with van der Waals surface area (Å²) >= 11 is 1.14. The van der Waals surface area contributed by atoms with E-state index in [-0.39, 0.29) is 24.0 Å². The van der Waals surface area contributed by atoms with E-state index in [1.807, 2.05) is 43.3 Å². The molecular formula is C28H25F2IO3. The molecule has 0 saturated heterocycles. The summed E-state index contributed by atoms with van der Waals surface area (Å²) in [6.45, 7) is 5.77. The summed E-state index contributed by atoms with van der Waals surface area (Å²) in [4.78, 5) is 11.2. The first-order valence-electron chi connectivity index (χ1n) is 11.1. The molecular weight excluding hydrogens is 549 g/mol. The van der Waals surface area contributed by atoms with Gasteiger partial charge in [0.05, 0.1) is 6.42 Å². The van der Waals surface area contributed by atoms with Crippen molar-refractivity contribution in [2.24, 2.45) is 0 Å². The van der Waals surface area contributed by atoms with Gasteiger partial charge in [0.15, 0.2) is 0 Å². The molecule has 0 aromatic heterocycles. The molecule has 0 heterocycles. The molecule has 3 aromatic rings. The second kappa shape index (κ2) is 9.86. The third-order valence-corrected chi connectivity index (χ3v) is 6.90. The van der Waals surface area contributed by atoms with Gasteiger partial charge in [-0.25, -0.2) is 0 Å². The number of carboxylic acids is 1. The van der Waals surface area contributed by atoms with Crippen LogP contribution in [0.3, 0.4) is 0 Å². The minimum Gasteiger partial charge on any atom is -0.486 e. The van der Waals surface area contributed by atoms with Crippen LogP contribution in [0.15, 0.2) is 78.9 Å². The number of alkyl halides is 3. The first-order chi connectivity index (χ1) is 16.1. The van der Waals surface area contributed by atoms with E-state index in [1.54, 1.807) is 12.1 Å². The molecule has 1 aliphatic carbocycles. The first-order valence-corrected chi connectivity index (χ1v) is 12.1. The number of carboxylic acid groups (broad SMARTS) is 1. The standard InChI is InChI=1S/C28H25F2IO3/c1-17(2)25(16-27(32)33)19-8-12-21(13-9-19)34-26-15-14-23-22(4-3-5-24(23)26)18-6-10-20(11-7-18)28(29,30)31/h3-13,25-26H,1,14-16H2,2H3,(H,32,33)/t25-,26?/m1/s1. The van der Waals surface area contributed by atoms with Crippen LogP contribution in [0.4, 0.5) is 8.78 Å². The van der Waals surface area contributed by atoms with Gasteiger partial charge in [-0.2, -0.15) is 8.78 Å². The van der Waals surface area contributed by atoms with Gasteiger partial charge in [0, 0.05) is 34.1 Å². The van der Waals surface area contributed by atoms with E-state index in [0.717, 1.165) is 69.0 Å². The molecule has 0 fully saturated rings. The summed E-state index contributed by atoms with van der Waals surface area (Å²) in [6.07, 6.45) is 1.57. The lowest BCUT2D eigenvalue weighted by Gasteiger charge is -2.18. The van der Waals surface area contributed by atoms with Gasteiger partial charge in [-0.05, 0) is 59.7 Å². The van der Waals surface area contributed by atoms with Crippen molar-refractivity contribution in [1.29, 1.82) is 0 Å². The van der Waals surface area contributed by atoms with Gasteiger partial charge in [-0.15, -0.1) is 0 Å². The fourth-order valence-electron chi connectivity index (χ4n) is 4.54. The second-order valence-corrected chi connectivity index (χ2v) is 10.0. The van der Waals surface area contributed by atoms with E-state index in [0.29, 0.717) is 0 Å². The summed E-state index contributed by atoms with van der Waals surface area (Å²) in [6, 6.07) is 20.1. The van der Waals surface area contributed by atoms with E-state index in [4.69, 9.17) is 4.74 Å². The smallest absolute Gasteiger partial charge is 0.321 e. The van der Waals surface area contributed by atoms with Gasteiger partial charge >= 0.3 is 9.90 Å². The largest absolute Gasteiger partial charge is 0.486 e. The SMILES string of the molecule is C=C(C)[C@@H](CC(=O)O)c1ccc(OC2CCc3c(-c4ccc(C(F)(F)I)cc4)cccc32)cc1. The topological polar surface area (TPSA) is 46.5 Å². The fraction of sp³-hybridized carbons (Fsp3) is 0.250. The highest BCUT2D eigenvalue weighted by Crippen LogP contribution is 2.41. The highest BCUT2D eigenvalue weighted by atomic mass is 127. The summed E-state index contributed by atoms with van der Waals surface area (Å²) in [5.41, 5.74) is 5.94. The Hall–Kier alpha value is -2.74. The highest BCUT2D eigenvalue weighted by molar-refractivity contribution is 14.1. The number of halogens is 3. The van der Waals surface area contributed by atoms with Gasteiger partial charge in [0.25, 0.3) is 0 Å². The molecule has 0 bridgehead atoms.